The average Bonchev–Trinajstić information content (AvgIpc) is 3.26. The van der Waals surface area contributed by atoms with Gasteiger partial charge in [-0.15, -0.1) is 0 Å². The number of benzene rings is 2. The van der Waals surface area contributed by atoms with Gasteiger partial charge in [0.25, 0.3) is 0 Å². The first kappa shape index (κ1) is 26.6. The van der Waals surface area contributed by atoms with Crippen molar-refractivity contribution in [3.05, 3.63) is 95.9 Å². The van der Waals surface area contributed by atoms with Gasteiger partial charge in [-0.1, -0.05) is 42.5 Å². The Labute approximate surface area is 222 Å². The standard InChI is InChI=1S/C30H31N5O3/c1-30(2,3)38-29(37)33-25(17-21-8-5-4-6-9-21)19-35-26(20-36)27(23-12-14-32-15-13-23)28(34-35)24-11-7-10-22(16-24)18-31/h4-16,25,36H,17,19-20H2,1-3H3,(H,33,37)/t25-/m1/s1. The molecule has 38 heavy (non-hydrogen) atoms. The van der Waals surface area contributed by atoms with Crippen molar-refractivity contribution >= 4 is 6.09 Å². The maximum atomic E-state index is 12.7. The number of aromatic nitrogens is 3. The average molecular weight is 510 g/mol. The highest BCUT2D eigenvalue weighted by molar-refractivity contribution is 5.83. The van der Waals surface area contributed by atoms with E-state index in [0.717, 1.165) is 22.3 Å². The van der Waals surface area contributed by atoms with Gasteiger partial charge in [0.1, 0.15) is 11.3 Å². The van der Waals surface area contributed by atoms with Crippen LogP contribution in [0.3, 0.4) is 0 Å². The maximum Gasteiger partial charge on any atom is 0.407 e. The van der Waals surface area contributed by atoms with Gasteiger partial charge >= 0.3 is 6.09 Å². The van der Waals surface area contributed by atoms with Gasteiger partial charge in [0.15, 0.2) is 0 Å². The first-order valence-corrected chi connectivity index (χ1v) is 12.4. The highest BCUT2D eigenvalue weighted by Gasteiger charge is 2.25. The summed E-state index contributed by atoms with van der Waals surface area (Å²) in [7, 11) is 0. The summed E-state index contributed by atoms with van der Waals surface area (Å²) in [5.74, 6) is 0. The van der Waals surface area contributed by atoms with Crippen LogP contribution in [0.15, 0.2) is 79.1 Å². The van der Waals surface area contributed by atoms with Gasteiger partial charge in [0, 0.05) is 23.5 Å². The van der Waals surface area contributed by atoms with Gasteiger partial charge in [0.05, 0.1) is 36.5 Å². The van der Waals surface area contributed by atoms with Crippen LogP contribution < -0.4 is 5.32 Å². The van der Waals surface area contributed by atoms with Crippen molar-refractivity contribution in [2.24, 2.45) is 0 Å². The van der Waals surface area contributed by atoms with Crippen molar-refractivity contribution in [2.45, 2.75) is 52.0 Å². The van der Waals surface area contributed by atoms with E-state index >= 15 is 0 Å². The molecule has 0 aliphatic rings. The van der Waals surface area contributed by atoms with E-state index in [9.17, 15) is 15.2 Å². The molecule has 2 heterocycles. The number of nitriles is 1. The highest BCUT2D eigenvalue weighted by atomic mass is 16.6. The Morgan fingerprint density at radius 2 is 1.82 bits per heavy atom. The first-order valence-electron chi connectivity index (χ1n) is 12.4. The number of hydrogen-bond donors (Lipinski definition) is 2. The number of aliphatic hydroxyl groups is 1. The fourth-order valence-corrected chi connectivity index (χ4v) is 4.31. The molecule has 0 spiro atoms. The molecule has 0 aliphatic heterocycles. The minimum atomic E-state index is -0.642. The number of carbonyl (C=O) groups excluding carboxylic acids is 1. The Balaban J connectivity index is 1.78. The molecule has 0 bridgehead atoms. The van der Waals surface area contributed by atoms with E-state index in [0.29, 0.717) is 29.9 Å². The van der Waals surface area contributed by atoms with Crippen LogP contribution in [0.5, 0.6) is 0 Å². The van der Waals surface area contributed by atoms with Crippen LogP contribution in [0.2, 0.25) is 0 Å². The number of nitrogens with one attached hydrogen (secondary N) is 1. The lowest BCUT2D eigenvalue weighted by Crippen LogP contribution is -2.42. The summed E-state index contributed by atoms with van der Waals surface area (Å²) in [6.07, 6.45) is 3.39. The fourth-order valence-electron chi connectivity index (χ4n) is 4.31. The van der Waals surface area contributed by atoms with E-state index in [1.807, 2.05) is 75.4 Å². The van der Waals surface area contributed by atoms with Crippen LogP contribution in [0.1, 0.15) is 37.6 Å². The summed E-state index contributed by atoms with van der Waals surface area (Å²) < 4.78 is 7.26. The van der Waals surface area contributed by atoms with E-state index in [2.05, 4.69) is 16.4 Å². The van der Waals surface area contributed by atoms with Gasteiger partial charge in [0.2, 0.25) is 0 Å². The van der Waals surface area contributed by atoms with Crippen LogP contribution in [0, 0.1) is 11.3 Å². The zero-order valence-electron chi connectivity index (χ0n) is 21.8. The molecule has 0 unspecified atom stereocenters. The lowest BCUT2D eigenvalue weighted by atomic mass is 9.98. The van der Waals surface area contributed by atoms with Crippen molar-refractivity contribution in [1.29, 1.82) is 5.26 Å². The van der Waals surface area contributed by atoms with Crippen LogP contribution in [0.25, 0.3) is 22.4 Å². The molecule has 4 aromatic rings. The second-order valence-corrected chi connectivity index (χ2v) is 9.97. The Morgan fingerprint density at radius 1 is 1.08 bits per heavy atom. The lowest BCUT2D eigenvalue weighted by molar-refractivity contribution is 0.0498. The molecule has 1 amide bonds. The number of pyridine rings is 1. The van der Waals surface area contributed by atoms with Gasteiger partial charge in [-0.2, -0.15) is 10.4 Å². The van der Waals surface area contributed by atoms with E-state index in [4.69, 9.17) is 9.84 Å². The molecule has 2 N–H and O–H groups in total. The van der Waals surface area contributed by atoms with Gasteiger partial charge in [-0.05, 0) is 62.6 Å². The lowest BCUT2D eigenvalue weighted by Gasteiger charge is -2.24. The number of alkyl carbamates (subject to hydrolysis) is 1. The highest BCUT2D eigenvalue weighted by Crippen LogP contribution is 2.35. The molecule has 1 atom stereocenters. The second-order valence-electron chi connectivity index (χ2n) is 9.97. The number of ether oxygens (including phenoxy) is 1. The van der Waals surface area contributed by atoms with Crippen LogP contribution >= 0.6 is 0 Å². The summed E-state index contributed by atoms with van der Waals surface area (Å²) in [5.41, 5.74) is 4.48. The number of amides is 1. The Hall–Kier alpha value is -4.48. The van der Waals surface area contributed by atoms with Crippen molar-refractivity contribution in [3.8, 4) is 28.5 Å². The largest absolute Gasteiger partial charge is 0.444 e. The maximum absolute atomic E-state index is 12.7. The summed E-state index contributed by atoms with van der Waals surface area (Å²) in [4.78, 5) is 16.9. The molecule has 2 aromatic carbocycles. The van der Waals surface area contributed by atoms with E-state index in [1.54, 1.807) is 29.2 Å². The minimum Gasteiger partial charge on any atom is -0.444 e. The van der Waals surface area contributed by atoms with Gasteiger partial charge in [-0.3, -0.25) is 9.67 Å². The number of carbonyl (C=O) groups is 1. The van der Waals surface area contributed by atoms with Crippen LogP contribution in [0.4, 0.5) is 4.79 Å². The zero-order chi connectivity index (χ0) is 27.1. The van der Waals surface area contributed by atoms with Gasteiger partial charge < -0.3 is 15.2 Å². The third kappa shape index (κ3) is 6.64. The number of nitrogens with zero attached hydrogens (tertiary/aromatic N) is 4. The summed E-state index contributed by atoms with van der Waals surface area (Å²) in [5, 5.41) is 27.9. The molecule has 0 saturated carbocycles. The zero-order valence-corrected chi connectivity index (χ0v) is 21.8. The normalized spacial score (nSPS) is 12.0. The minimum absolute atomic E-state index is 0.271. The smallest absolute Gasteiger partial charge is 0.407 e. The predicted molar refractivity (Wildman–Crippen MR) is 145 cm³/mol. The van der Waals surface area contributed by atoms with Crippen LogP contribution in [-0.4, -0.2) is 37.6 Å². The van der Waals surface area contributed by atoms with Crippen LogP contribution in [-0.2, 0) is 24.3 Å². The molecular weight excluding hydrogens is 478 g/mol. The summed E-state index contributed by atoms with van der Waals surface area (Å²) in [6, 6.07) is 22.6. The molecule has 0 radical (unpaired) electrons. The van der Waals surface area contributed by atoms with Crippen molar-refractivity contribution in [2.75, 3.05) is 0 Å². The quantitative estimate of drug-likeness (QED) is 0.341. The number of hydrogen-bond acceptors (Lipinski definition) is 6. The van der Waals surface area contributed by atoms with E-state index in [-0.39, 0.29) is 12.6 Å². The summed E-state index contributed by atoms with van der Waals surface area (Å²) in [6.45, 7) is 5.48. The van der Waals surface area contributed by atoms with E-state index < -0.39 is 11.7 Å². The summed E-state index contributed by atoms with van der Waals surface area (Å²) >= 11 is 0. The fraction of sp³-hybridized carbons (Fsp3) is 0.267. The predicted octanol–water partition coefficient (Wildman–Crippen LogP) is 5.11. The molecule has 8 heteroatoms. The van der Waals surface area contributed by atoms with Crippen molar-refractivity contribution in [1.82, 2.24) is 20.1 Å². The molecule has 194 valence electrons. The molecule has 0 fully saturated rings. The molecular formula is C30H31N5O3. The second kappa shape index (κ2) is 11.7. The number of aliphatic hydroxyl groups excluding tert-OH is 1. The molecule has 0 aliphatic carbocycles. The Morgan fingerprint density at radius 3 is 2.47 bits per heavy atom. The Kier molecular flexibility index (Phi) is 8.19. The third-order valence-electron chi connectivity index (χ3n) is 5.88. The first-order chi connectivity index (χ1) is 18.3. The monoisotopic (exact) mass is 509 g/mol. The molecule has 8 nitrogen and oxygen atoms in total. The third-order valence-corrected chi connectivity index (χ3v) is 5.88. The topological polar surface area (TPSA) is 113 Å². The molecule has 2 aromatic heterocycles. The Bertz CT molecular complexity index is 1420. The van der Waals surface area contributed by atoms with Gasteiger partial charge in [-0.25, -0.2) is 4.79 Å². The van der Waals surface area contributed by atoms with E-state index in [1.165, 1.54) is 0 Å². The SMILES string of the molecule is CC(C)(C)OC(=O)N[C@H](Cc1ccccc1)Cn1nc(-c2cccc(C#N)c2)c(-c2ccncc2)c1CO. The number of rotatable bonds is 8. The van der Waals surface area contributed by atoms with Crippen molar-refractivity contribution in [3.63, 3.8) is 0 Å². The molecule has 0 saturated heterocycles. The van der Waals surface area contributed by atoms with Crippen molar-refractivity contribution < 1.29 is 14.6 Å². The molecule has 4 rings (SSSR count).